The summed E-state index contributed by atoms with van der Waals surface area (Å²) in [7, 11) is 0. The maximum atomic E-state index is 12.0. The first-order valence-corrected chi connectivity index (χ1v) is 6.35. The van der Waals surface area contributed by atoms with Gasteiger partial charge in [0.1, 0.15) is 11.8 Å². The van der Waals surface area contributed by atoms with E-state index in [0.29, 0.717) is 12.2 Å². The summed E-state index contributed by atoms with van der Waals surface area (Å²) in [5.41, 5.74) is 3.55. The number of aromatic nitrogens is 2. The normalized spacial score (nSPS) is 13.0. The predicted molar refractivity (Wildman–Crippen MR) is 70.8 cm³/mol. The van der Waals surface area contributed by atoms with E-state index in [4.69, 9.17) is 5.26 Å². The Labute approximate surface area is 111 Å². The Balaban J connectivity index is 2.08. The van der Waals surface area contributed by atoms with Crippen molar-refractivity contribution in [3.05, 3.63) is 63.3 Å². The summed E-state index contributed by atoms with van der Waals surface area (Å²) in [6.07, 6.45) is 4.67. The van der Waals surface area contributed by atoms with Crippen LogP contribution in [0.25, 0.3) is 0 Å². The molecule has 19 heavy (non-hydrogen) atoms. The molecule has 0 unspecified atom stereocenters. The highest BCUT2D eigenvalue weighted by atomic mass is 16.1. The number of pyridine rings is 2. The van der Waals surface area contributed by atoms with E-state index in [1.54, 1.807) is 22.9 Å². The lowest BCUT2D eigenvalue weighted by Crippen LogP contribution is -2.23. The van der Waals surface area contributed by atoms with Gasteiger partial charge >= 0.3 is 0 Å². The van der Waals surface area contributed by atoms with Gasteiger partial charge in [-0.2, -0.15) is 5.26 Å². The topological polar surface area (TPSA) is 58.7 Å². The molecule has 0 saturated carbocycles. The minimum absolute atomic E-state index is 0.00612. The third-order valence-electron chi connectivity index (χ3n) is 3.57. The van der Waals surface area contributed by atoms with Crippen LogP contribution < -0.4 is 5.56 Å². The number of nitriles is 1. The van der Waals surface area contributed by atoms with Crippen molar-refractivity contribution < 1.29 is 0 Å². The standard InChI is InChI=1S/C15H13N3O/c16-9-13-12(4-2-8-17-13)10-18-14-5-1-3-11(14)6-7-15(18)19/h2,4,6-8H,1,3,5,10H2. The molecule has 0 N–H and O–H groups in total. The summed E-state index contributed by atoms with van der Waals surface area (Å²) < 4.78 is 1.78. The summed E-state index contributed by atoms with van der Waals surface area (Å²) in [5.74, 6) is 0. The van der Waals surface area contributed by atoms with Crippen molar-refractivity contribution >= 4 is 0 Å². The van der Waals surface area contributed by atoms with Gasteiger partial charge in [-0.25, -0.2) is 4.98 Å². The highest BCUT2D eigenvalue weighted by molar-refractivity contribution is 5.32. The van der Waals surface area contributed by atoms with Crippen molar-refractivity contribution in [3.8, 4) is 6.07 Å². The monoisotopic (exact) mass is 251 g/mol. The largest absolute Gasteiger partial charge is 0.308 e. The number of aryl methyl sites for hydroxylation is 1. The third-order valence-corrected chi connectivity index (χ3v) is 3.57. The highest BCUT2D eigenvalue weighted by Crippen LogP contribution is 2.20. The molecule has 94 valence electrons. The minimum atomic E-state index is -0.00612. The van der Waals surface area contributed by atoms with Gasteiger partial charge in [0.25, 0.3) is 5.56 Å². The van der Waals surface area contributed by atoms with Gasteiger partial charge < -0.3 is 4.57 Å². The molecule has 3 rings (SSSR count). The van der Waals surface area contributed by atoms with Gasteiger partial charge in [0.05, 0.1) is 6.54 Å². The van der Waals surface area contributed by atoms with Crippen LogP contribution in [0.15, 0.2) is 35.3 Å². The zero-order chi connectivity index (χ0) is 13.2. The maximum Gasteiger partial charge on any atom is 0.251 e. The molecular weight excluding hydrogens is 238 g/mol. The minimum Gasteiger partial charge on any atom is -0.308 e. The second kappa shape index (κ2) is 4.69. The van der Waals surface area contributed by atoms with Crippen molar-refractivity contribution in [2.45, 2.75) is 25.8 Å². The zero-order valence-electron chi connectivity index (χ0n) is 10.5. The van der Waals surface area contributed by atoms with Crippen molar-refractivity contribution in [2.24, 2.45) is 0 Å². The van der Waals surface area contributed by atoms with Crippen molar-refractivity contribution in [1.82, 2.24) is 9.55 Å². The second-order valence-corrected chi connectivity index (χ2v) is 4.71. The molecule has 0 saturated heterocycles. The number of rotatable bonds is 2. The van der Waals surface area contributed by atoms with Crippen LogP contribution >= 0.6 is 0 Å². The lowest BCUT2D eigenvalue weighted by molar-refractivity contribution is 0.704. The van der Waals surface area contributed by atoms with E-state index in [-0.39, 0.29) is 5.56 Å². The molecule has 1 aliphatic rings. The summed E-state index contributed by atoms with van der Waals surface area (Å²) in [6.45, 7) is 0.429. The Bertz CT molecular complexity index is 725. The first-order valence-electron chi connectivity index (χ1n) is 6.35. The number of hydrogen-bond acceptors (Lipinski definition) is 3. The molecular formula is C15H13N3O. The van der Waals surface area contributed by atoms with E-state index in [2.05, 4.69) is 11.1 Å². The van der Waals surface area contributed by atoms with Gasteiger partial charge in [-0.1, -0.05) is 12.1 Å². The van der Waals surface area contributed by atoms with E-state index in [1.165, 1.54) is 5.56 Å². The lowest BCUT2D eigenvalue weighted by atomic mass is 10.1. The van der Waals surface area contributed by atoms with Gasteiger partial charge in [0, 0.05) is 23.5 Å². The molecule has 0 aliphatic heterocycles. The van der Waals surface area contributed by atoms with Crippen LogP contribution in [0.4, 0.5) is 0 Å². The van der Waals surface area contributed by atoms with E-state index >= 15 is 0 Å². The van der Waals surface area contributed by atoms with Gasteiger partial charge in [-0.3, -0.25) is 4.79 Å². The molecule has 0 aromatic carbocycles. The molecule has 0 fully saturated rings. The Kier molecular flexibility index (Phi) is 2.88. The Morgan fingerprint density at radius 1 is 1.32 bits per heavy atom. The van der Waals surface area contributed by atoms with Crippen LogP contribution in [0.1, 0.15) is 28.9 Å². The van der Waals surface area contributed by atoms with Crippen LogP contribution in [0.2, 0.25) is 0 Å². The number of fused-ring (bicyclic) bond motifs is 1. The summed E-state index contributed by atoms with van der Waals surface area (Å²) in [4.78, 5) is 16.1. The Morgan fingerprint density at radius 3 is 3.05 bits per heavy atom. The smallest absolute Gasteiger partial charge is 0.251 e. The van der Waals surface area contributed by atoms with E-state index < -0.39 is 0 Å². The van der Waals surface area contributed by atoms with Gasteiger partial charge in [0.2, 0.25) is 0 Å². The van der Waals surface area contributed by atoms with Crippen LogP contribution in [0, 0.1) is 11.3 Å². The first kappa shape index (κ1) is 11.7. The fourth-order valence-corrected chi connectivity index (χ4v) is 2.64. The van der Waals surface area contributed by atoms with Crippen LogP contribution in [0.3, 0.4) is 0 Å². The van der Waals surface area contributed by atoms with Crippen molar-refractivity contribution in [2.75, 3.05) is 0 Å². The molecule has 1 aliphatic carbocycles. The Hall–Kier alpha value is -2.41. The number of hydrogen-bond donors (Lipinski definition) is 0. The lowest BCUT2D eigenvalue weighted by Gasteiger charge is -2.12. The first-order chi connectivity index (χ1) is 9.29. The summed E-state index contributed by atoms with van der Waals surface area (Å²) in [5, 5.41) is 9.06. The fraction of sp³-hybridized carbons (Fsp3) is 0.267. The van der Waals surface area contributed by atoms with E-state index in [0.717, 1.165) is 30.5 Å². The average molecular weight is 251 g/mol. The molecule has 0 amide bonds. The average Bonchev–Trinajstić information content (AvgIpc) is 2.91. The fourth-order valence-electron chi connectivity index (χ4n) is 2.64. The van der Waals surface area contributed by atoms with Crippen molar-refractivity contribution in [1.29, 1.82) is 5.26 Å². The summed E-state index contributed by atoms with van der Waals surface area (Å²) in [6, 6.07) is 9.27. The molecule has 0 atom stereocenters. The SMILES string of the molecule is N#Cc1ncccc1Cn1c2c(ccc1=O)CCC2. The molecule has 2 aromatic rings. The summed E-state index contributed by atoms with van der Waals surface area (Å²) >= 11 is 0. The molecule has 0 bridgehead atoms. The van der Waals surface area contributed by atoms with Crippen LogP contribution in [0.5, 0.6) is 0 Å². The molecule has 4 heteroatoms. The van der Waals surface area contributed by atoms with Gasteiger partial charge in [-0.15, -0.1) is 0 Å². The van der Waals surface area contributed by atoms with E-state index in [9.17, 15) is 4.79 Å². The van der Waals surface area contributed by atoms with E-state index in [1.807, 2.05) is 12.1 Å². The quantitative estimate of drug-likeness (QED) is 0.815. The molecule has 4 nitrogen and oxygen atoms in total. The third kappa shape index (κ3) is 2.04. The predicted octanol–water partition coefficient (Wildman–Crippen LogP) is 1.65. The highest BCUT2D eigenvalue weighted by Gasteiger charge is 2.16. The van der Waals surface area contributed by atoms with Gasteiger partial charge in [0.15, 0.2) is 0 Å². The van der Waals surface area contributed by atoms with Crippen LogP contribution in [-0.2, 0) is 19.4 Å². The van der Waals surface area contributed by atoms with Crippen molar-refractivity contribution in [3.63, 3.8) is 0 Å². The maximum absolute atomic E-state index is 12.0. The molecule has 2 heterocycles. The molecule has 0 radical (unpaired) electrons. The van der Waals surface area contributed by atoms with Crippen LogP contribution in [-0.4, -0.2) is 9.55 Å². The molecule has 0 spiro atoms. The Morgan fingerprint density at radius 2 is 2.21 bits per heavy atom. The number of nitrogens with zero attached hydrogens (tertiary/aromatic N) is 3. The zero-order valence-corrected chi connectivity index (χ0v) is 10.5. The molecule has 2 aromatic heterocycles. The van der Waals surface area contributed by atoms with Gasteiger partial charge in [-0.05, 0) is 30.9 Å². The second-order valence-electron chi connectivity index (χ2n) is 4.71.